The molecule has 1 aliphatic heterocycles. The van der Waals surface area contributed by atoms with E-state index in [9.17, 15) is 18.0 Å². The molecule has 238 valence electrons. The van der Waals surface area contributed by atoms with Crippen molar-refractivity contribution in [1.82, 2.24) is 34.6 Å². The Morgan fingerprint density at radius 1 is 0.956 bits per heavy atom. The summed E-state index contributed by atoms with van der Waals surface area (Å²) in [4.78, 5) is 26.0. The fourth-order valence-electron chi connectivity index (χ4n) is 4.75. The standard InChI is InChI=1S/C29H34N8O4S4/c1-4-42-29-35-33-27(44-29)31-25(38)18-43-28-34-32-24(37(28)23-10-8-9-19(2)20(23)3)17-30-26(39)21-11-13-22(14-12-21)45(40,41)36-15-6-5-7-16-36/h8-14H,4-7,15-18H2,1-3H3,(H,30,39)(H,31,33,38). The van der Waals surface area contributed by atoms with Crippen molar-refractivity contribution in [3.8, 4) is 5.69 Å². The fourth-order valence-corrected chi connectivity index (χ4v) is 8.70. The van der Waals surface area contributed by atoms with Crippen LogP contribution in [0.5, 0.6) is 0 Å². The molecule has 2 amide bonds. The SMILES string of the molecule is CCSc1nnc(NC(=O)CSc2nnc(CNC(=O)c3ccc(S(=O)(=O)N4CCCCC4)cc3)n2-c2cccc(C)c2C)s1. The minimum atomic E-state index is -3.59. The van der Waals surface area contributed by atoms with Crippen molar-refractivity contribution < 1.29 is 18.0 Å². The molecule has 0 bridgehead atoms. The summed E-state index contributed by atoms with van der Waals surface area (Å²) in [5.74, 6) is 0.788. The number of thioether (sulfide) groups is 2. The molecule has 2 aromatic heterocycles. The fraction of sp³-hybridized carbons (Fsp3) is 0.379. The van der Waals surface area contributed by atoms with E-state index in [2.05, 4.69) is 31.0 Å². The van der Waals surface area contributed by atoms with Gasteiger partial charge in [0.2, 0.25) is 21.1 Å². The maximum Gasteiger partial charge on any atom is 0.251 e. The van der Waals surface area contributed by atoms with Gasteiger partial charge in [-0.05, 0) is 73.9 Å². The van der Waals surface area contributed by atoms with Crippen molar-refractivity contribution in [2.45, 2.75) is 61.0 Å². The second-order valence-corrected chi connectivity index (χ2v) is 15.6. The molecule has 12 nitrogen and oxygen atoms in total. The van der Waals surface area contributed by atoms with Crippen LogP contribution in [0.4, 0.5) is 5.13 Å². The van der Waals surface area contributed by atoms with Gasteiger partial charge in [0.15, 0.2) is 15.3 Å². The second kappa shape index (κ2) is 14.9. The Kier molecular flexibility index (Phi) is 10.9. The highest BCUT2D eigenvalue weighted by atomic mass is 32.2. The lowest BCUT2D eigenvalue weighted by atomic mass is 10.1. The van der Waals surface area contributed by atoms with Crippen LogP contribution in [0.15, 0.2) is 56.9 Å². The lowest BCUT2D eigenvalue weighted by Crippen LogP contribution is -2.35. The number of aryl methyl sites for hydroxylation is 1. The van der Waals surface area contributed by atoms with E-state index < -0.39 is 10.0 Å². The molecule has 1 aliphatic rings. The highest BCUT2D eigenvalue weighted by Crippen LogP contribution is 2.28. The summed E-state index contributed by atoms with van der Waals surface area (Å²) in [6.07, 6.45) is 2.73. The van der Waals surface area contributed by atoms with Crippen LogP contribution in [0, 0.1) is 13.8 Å². The lowest BCUT2D eigenvalue weighted by molar-refractivity contribution is -0.113. The summed E-state index contributed by atoms with van der Waals surface area (Å²) in [6.45, 7) is 7.11. The smallest absolute Gasteiger partial charge is 0.251 e. The molecule has 2 aromatic carbocycles. The first-order valence-corrected chi connectivity index (χ1v) is 18.7. The molecule has 0 saturated carbocycles. The summed E-state index contributed by atoms with van der Waals surface area (Å²) >= 11 is 4.11. The number of nitrogens with zero attached hydrogens (tertiary/aromatic N) is 6. The van der Waals surface area contributed by atoms with Gasteiger partial charge in [-0.1, -0.05) is 60.3 Å². The molecule has 1 fully saturated rings. The Labute approximate surface area is 274 Å². The lowest BCUT2D eigenvalue weighted by Gasteiger charge is -2.25. The molecule has 0 unspecified atom stereocenters. The van der Waals surface area contributed by atoms with E-state index in [-0.39, 0.29) is 29.0 Å². The van der Waals surface area contributed by atoms with Crippen molar-refractivity contribution >= 4 is 61.8 Å². The molecule has 0 atom stereocenters. The summed E-state index contributed by atoms with van der Waals surface area (Å²) in [6, 6.07) is 11.9. The first-order chi connectivity index (χ1) is 21.7. The first-order valence-electron chi connectivity index (χ1n) is 14.5. The minimum absolute atomic E-state index is 0.0580. The number of amides is 2. The van der Waals surface area contributed by atoms with Gasteiger partial charge in [-0.15, -0.1) is 20.4 Å². The maximum atomic E-state index is 13.1. The van der Waals surface area contributed by atoms with Gasteiger partial charge in [-0.25, -0.2) is 8.42 Å². The van der Waals surface area contributed by atoms with Gasteiger partial charge in [0.1, 0.15) is 0 Å². The van der Waals surface area contributed by atoms with Gasteiger partial charge < -0.3 is 5.32 Å². The van der Waals surface area contributed by atoms with Crippen LogP contribution in [0.1, 0.15) is 53.5 Å². The second-order valence-electron chi connectivity index (χ2n) is 10.3. The largest absolute Gasteiger partial charge is 0.345 e. The van der Waals surface area contributed by atoms with Crippen molar-refractivity contribution in [1.29, 1.82) is 0 Å². The third-order valence-corrected chi connectivity index (χ3v) is 11.9. The number of piperidine rings is 1. The third kappa shape index (κ3) is 7.92. The van der Waals surface area contributed by atoms with Gasteiger partial charge in [-0.2, -0.15) is 4.31 Å². The van der Waals surface area contributed by atoms with Gasteiger partial charge >= 0.3 is 0 Å². The van der Waals surface area contributed by atoms with E-state index in [1.807, 2.05) is 43.5 Å². The average molecular weight is 687 g/mol. The summed E-state index contributed by atoms with van der Waals surface area (Å²) in [7, 11) is -3.59. The summed E-state index contributed by atoms with van der Waals surface area (Å²) < 4.78 is 30.1. The Bertz CT molecular complexity index is 1770. The molecule has 5 rings (SSSR count). The predicted octanol–water partition coefficient (Wildman–Crippen LogP) is 4.68. The molecular formula is C29H34N8O4S4. The van der Waals surface area contributed by atoms with Crippen LogP contribution in [0.25, 0.3) is 5.69 Å². The zero-order valence-corrected chi connectivity index (χ0v) is 28.4. The van der Waals surface area contributed by atoms with E-state index in [0.717, 1.165) is 46.2 Å². The van der Waals surface area contributed by atoms with Crippen LogP contribution >= 0.6 is 34.9 Å². The predicted molar refractivity (Wildman–Crippen MR) is 177 cm³/mol. The van der Waals surface area contributed by atoms with Gasteiger partial charge in [0.05, 0.1) is 22.9 Å². The number of rotatable bonds is 12. The highest BCUT2D eigenvalue weighted by Gasteiger charge is 2.26. The van der Waals surface area contributed by atoms with E-state index >= 15 is 0 Å². The van der Waals surface area contributed by atoms with E-state index in [0.29, 0.717) is 34.8 Å². The molecule has 16 heteroatoms. The molecule has 0 aliphatic carbocycles. The number of sulfonamides is 1. The van der Waals surface area contributed by atoms with Gasteiger partial charge in [-0.3, -0.25) is 19.5 Å². The third-order valence-electron chi connectivity index (χ3n) is 7.25. The van der Waals surface area contributed by atoms with E-state index in [1.54, 1.807) is 11.8 Å². The molecular weight excluding hydrogens is 653 g/mol. The Hall–Kier alpha value is -3.31. The molecule has 0 spiro atoms. The van der Waals surface area contributed by atoms with E-state index in [4.69, 9.17) is 0 Å². The van der Waals surface area contributed by atoms with E-state index in [1.165, 1.54) is 51.7 Å². The van der Waals surface area contributed by atoms with Crippen molar-refractivity contribution in [2.24, 2.45) is 0 Å². The molecule has 4 aromatic rings. The van der Waals surface area contributed by atoms with Crippen LogP contribution in [0.2, 0.25) is 0 Å². The number of aromatic nitrogens is 5. The average Bonchev–Trinajstić information content (AvgIpc) is 3.67. The molecule has 45 heavy (non-hydrogen) atoms. The molecule has 1 saturated heterocycles. The Morgan fingerprint density at radius 3 is 2.44 bits per heavy atom. The normalized spacial score (nSPS) is 13.9. The van der Waals surface area contributed by atoms with Gasteiger partial charge in [0.25, 0.3) is 5.91 Å². The topological polar surface area (TPSA) is 152 Å². The summed E-state index contributed by atoms with van der Waals surface area (Å²) in [5.41, 5.74) is 3.25. The van der Waals surface area contributed by atoms with Crippen LogP contribution in [-0.4, -0.2) is 74.1 Å². The number of benzene rings is 2. The van der Waals surface area contributed by atoms with Crippen molar-refractivity contribution in [2.75, 3.05) is 29.9 Å². The number of hydrogen-bond donors (Lipinski definition) is 2. The monoisotopic (exact) mass is 686 g/mol. The molecule has 2 N–H and O–H groups in total. The maximum absolute atomic E-state index is 13.1. The first kappa shape index (κ1) is 33.1. The van der Waals surface area contributed by atoms with Gasteiger partial charge in [0, 0.05) is 18.7 Å². The number of hydrogen-bond acceptors (Lipinski definition) is 11. The minimum Gasteiger partial charge on any atom is -0.345 e. The Morgan fingerprint density at radius 2 is 1.71 bits per heavy atom. The highest BCUT2D eigenvalue weighted by molar-refractivity contribution is 8.01. The quantitative estimate of drug-likeness (QED) is 0.159. The Balaban J connectivity index is 1.29. The number of carbonyl (C=O) groups is 2. The number of nitrogens with one attached hydrogen (secondary N) is 2. The summed E-state index contributed by atoms with van der Waals surface area (Å²) in [5, 5.41) is 23.4. The van der Waals surface area contributed by atoms with Crippen molar-refractivity contribution in [3.05, 3.63) is 65.0 Å². The van der Waals surface area contributed by atoms with Crippen LogP contribution in [-0.2, 0) is 21.4 Å². The zero-order valence-electron chi connectivity index (χ0n) is 25.1. The zero-order chi connectivity index (χ0) is 32.0. The molecule has 3 heterocycles. The number of anilines is 1. The number of carbonyl (C=O) groups excluding carboxylic acids is 2. The van der Waals surface area contributed by atoms with Crippen LogP contribution < -0.4 is 10.6 Å². The molecule has 0 radical (unpaired) electrons. The van der Waals surface area contributed by atoms with Crippen LogP contribution in [0.3, 0.4) is 0 Å². The van der Waals surface area contributed by atoms with Crippen molar-refractivity contribution in [3.63, 3.8) is 0 Å².